The van der Waals surface area contributed by atoms with Gasteiger partial charge in [-0.25, -0.2) is 0 Å². The van der Waals surface area contributed by atoms with Crippen LogP contribution in [0, 0.1) is 12.8 Å². The largest absolute Gasteiger partial charge is 0.340 e. The van der Waals surface area contributed by atoms with Gasteiger partial charge in [-0.15, -0.1) is 0 Å². The van der Waals surface area contributed by atoms with E-state index in [1.54, 1.807) is 6.20 Å². The highest BCUT2D eigenvalue weighted by atomic mass is 16.2. The number of hydrogen-bond acceptors (Lipinski definition) is 3. The van der Waals surface area contributed by atoms with Gasteiger partial charge in [-0.2, -0.15) is 0 Å². The first-order valence-corrected chi connectivity index (χ1v) is 9.64. The van der Waals surface area contributed by atoms with E-state index in [0.717, 1.165) is 29.7 Å². The van der Waals surface area contributed by atoms with Gasteiger partial charge in [0.2, 0.25) is 11.8 Å². The number of rotatable bonds is 4. The third kappa shape index (κ3) is 3.87. The summed E-state index contributed by atoms with van der Waals surface area (Å²) in [4.78, 5) is 34.1. The lowest BCUT2D eigenvalue weighted by Gasteiger charge is -2.35. The summed E-state index contributed by atoms with van der Waals surface area (Å²) in [5, 5.41) is 0. The Kier molecular flexibility index (Phi) is 4.92. The molecule has 5 nitrogen and oxygen atoms in total. The van der Waals surface area contributed by atoms with Crippen LogP contribution in [0.4, 0.5) is 0 Å². The van der Waals surface area contributed by atoms with Crippen LogP contribution in [0.5, 0.6) is 0 Å². The molecular formula is C22H25N3O2. The summed E-state index contributed by atoms with van der Waals surface area (Å²) in [6, 6.07) is 13.9. The minimum Gasteiger partial charge on any atom is -0.340 e. The van der Waals surface area contributed by atoms with Crippen molar-refractivity contribution < 1.29 is 9.59 Å². The Morgan fingerprint density at radius 3 is 2.81 bits per heavy atom. The maximum Gasteiger partial charge on any atom is 0.228 e. The van der Waals surface area contributed by atoms with Crippen molar-refractivity contribution in [3.8, 4) is 0 Å². The van der Waals surface area contributed by atoms with Crippen molar-refractivity contribution in [2.75, 3.05) is 13.1 Å². The molecule has 0 unspecified atom stereocenters. The summed E-state index contributed by atoms with van der Waals surface area (Å²) in [5.41, 5.74) is 3.09. The number of amides is 2. The van der Waals surface area contributed by atoms with Crippen LogP contribution in [0.1, 0.15) is 29.7 Å². The molecule has 3 saturated heterocycles. The quantitative estimate of drug-likeness (QED) is 0.839. The number of carbonyl (C=O) groups is 2. The zero-order chi connectivity index (χ0) is 18.8. The highest BCUT2D eigenvalue weighted by Gasteiger charge is 2.41. The molecule has 3 aliphatic rings. The monoisotopic (exact) mass is 363 g/mol. The molecule has 0 N–H and O–H groups in total. The Morgan fingerprint density at radius 1 is 1.15 bits per heavy atom. The second-order valence-electron chi connectivity index (χ2n) is 7.68. The number of piperidine rings is 1. The summed E-state index contributed by atoms with van der Waals surface area (Å²) in [6.45, 7) is 3.73. The topological polar surface area (TPSA) is 53.5 Å². The van der Waals surface area contributed by atoms with Crippen LogP contribution in [-0.2, 0) is 22.6 Å². The minimum absolute atomic E-state index is 0.0831. The van der Waals surface area contributed by atoms with E-state index in [1.165, 1.54) is 0 Å². The lowest BCUT2D eigenvalue weighted by Crippen LogP contribution is -2.47. The predicted octanol–water partition coefficient (Wildman–Crippen LogP) is 2.58. The smallest absolute Gasteiger partial charge is 0.228 e. The number of aromatic nitrogens is 1. The lowest BCUT2D eigenvalue weighted by atomic mass is 9.94. The Morgan fingerprint density at radius 2 is 2.04 bits per heavy atom. The molecule has 3 aliphatic heterocycles. The van der Waals surface area contributed by atoms with Gasteiger partial charge in [0, 0.05) is 25.3 Å². The number of benzene rings is 1. The molecule has 0 aliphatic carbocycles. The van der Waals surface area contributed by atoms with Gasteiger partial charge in [-0.05, 0) is 37.5 Å². The van der Waals surface area contributed by atoms with Crippen molar-refractivity contribution >= 4 is 11.8 Å². The maximum absolute atomic E-state index is 12.9. The minimum atomic E-state index is -0.0890. The van der Waals surface area contributed by atoms with E-state index in [1.807, 2.05) is 53.1 Å². The number of carbonyl (C=O) groups excluding carboxylic acids is 2. The van der Waals surface area contributed by atoms with E-state index < -0.39 is 0 Å². The molecule has 2 atom stereocenters. The molecule has 1 aromatic carbocycles. The molecule has 3 fully saturated rings. The van der Waals surface area contributed by atoms with Crippen LogP contribution in [0.3, 0.4) is 0 Å². The van der Waals surface area contributed by atoms with Crippen LogP contribution in [0.15, 0.2) is 48.7 Å². The van der Waals surface area contributed by atoms with Crippen molar-refractivity contribution in [1.82, 2.24) is 14.8 Å². The summed E-state index contributed by atoms with van der Waals surface area (Å²) >= 11 is 0. The van der Waals surface area contributed by atoms with Crippen LogP contribution >= 0.6 is 0 Å². The van der Waals surface area contributed by atoms with Crippen LogP contribution in [-0.4, -0.2) is 45.7 Å². The number of fused-ring (bicyclic) bond motifs is 4. The molecule has 2 aromatic rings. The van der Waals surface area contributed by atoms with E-state index in [-0.39, 0.29) is 23.8 Å². The fourth-order valence-electron chi connectivity index (χ4n) is 4.23. The van der Waals surface area contributed by atoms with Gasteiger partial charge in [0.15, 0.2) is 0 Å². The molecule has 5 rings (SSSR count). The third-order valence-corrected chi connectivity index (χ3v) is 5.64. The van der Waals surface area contributed by atoms with Gasteiger partial charge >= 0.3 is 0 Å². The fourth-order valence-corrected chi connectivity index (χ4v) is 4.23. The molecule has 27 heavy (non-hydrogen) atoms. The highest BCUT2D eigenvalue weighted by molar-refractivity contribution is 5.84. The molecule has 0 radical (unpaired) electrons. The van der Waals surface area contributed by atoms with Crippen molar-refractivity contribution in [2.45, 2.75) is 38.8 Å². The molecule has 4 heterocycles. The van der Waals surface area contributed by atoms with E-state index in [0.29, 0.717) is 26.1 Å². The number of pyridine rings is 1. The molecule has 5 heteroatoms. The lowest BCUT2D eigenvalue weighted by molar-refractivity contribution is -0.140. The highest BCUT2D eigenvalue weighted by Crippen LogP contribution is 2.30. The Bertz CT molecular complexity index is 836. The number of aryl methyl sites for hydroxylation is 1. The zero-order valence-electron chi connectivity index (χ0n) is 15.7. The van der Waals surface area contributed by atoms with Gasteiger partial charge in [0.05, 0.1) is 24.6 Å². The standard InChI is InChI=1S/C22H25N3O2/c1-16-5-4-6-17(11-16)12-21(26)24-13-18-8-9-20(15-24)25(22(18)27)14-19-7-2-3-10-23-19/h2-7,10-11,18,20H,8-9,12-15H2,1H3/t18-,20+/m0/s1. The van der Waals surface area contributed by atoms with Crippen molar-refractivity contribution in [1.29, 1.82) is 0 Å². The molecular weight excluding hydrogens is 338 g/mol. The summed E-state index contributed by atoms with van der Waals surface area (Å²) in [5.74, 6) is 0.196. The van der Waals surface area contributed by atoms with Gasteiger partial charge in [0.1, 0.15) is 0 Å². The van der Waals surface area contributed by atoms with E-state index >= 15 is 0 Å². The van der Waals surface area contributed by atoms with Crippen molar-refractivity contribution in [2.24, 2.45) is 5.92 Å². The first-order valence-electron chi connectivity index (χ1n) is 9.64. The molecule has 2 amide bonds. The van der Waals surface area contributed by atoms with Crippen molar-refractivity contribution in [3.05, 3.63) is 65.5 Å². The Balaban J connectivity index is 1.48. The average Bonchev–Trinajstić information content (AvgIpc) is 2.95. The summed E-state index contributed by atoms with van der Waals surface area (Å²) < 4.78 is 0. The van der Waals surface area contributed by atoms with Gasteiger partial charge in [-0.1, -0.05) is 35.9 Å². The first-order chi connectivity index (χ1) is 13.1. The van der Waals surface area contributed by atoms with Crippen LogP contribution in [0.25, 0.3) is 0 Å². The second-order valence-corrected chi connectivity index (χ2v) is 7.68. The average molecular weight is 363 g/mol. The third-order valence-electron chi connectivity index (χ3n) is 5.64. The molecule has 2 bridgehead atoms. The van der Waals surface area contributed by atoms with Gasteiger partial charge in [0.25, 0.3) is 0 Å². The summed E-state index contributed by atoms with van der Waals surface area (Å²) in [6.07, 6.45) is 3.98. The van der Waals surface area contributed by atoms with Crippen LogP contribution < -0.4 is 0 Å². The van der Waals surface area contributed by atoms with E-state index in [9.17, 15) is 9.59 Å². The van der Waals surface area contributed by atoms with Crippen molar-refractivity contribution in [3.63, 3.8) is 0 Å². The molecule has 1 aromatic heterocycles. The second kappa shape index (κ2) is 7.51. The Labute approximate surface area is 160 Å². The number of nitrogens with zero attached hydrogens (tertiary/aromatic N) is 3. The fraction of sp³-hybridized carbons (Fsp3) is 0.409. The van der Waals surface area contributed by atoms with Crippen LogP contribution in [0.2, 0.25) is 0 Å². The van der Waals surface area contributed by atoms with Gasteiger partial charge in [-0.3, -0.25) is 14.6 Å². The molecule has 0 saturated carbocycles. The SMILES string of the molecule is Cc1cccc(CC(=O)N2C[C@@H]3CC[C@H](C2)N(Cc2ccccn2)C3=O)c1. The van der Waals surface area contributed by atoms with E-state index in [4.69, 9.17) is 0 Å². The maximum atomic E-state index is 12.9. The molecule has 0 spiro atoms. The molecule has 140 valence electrons. The summed E-state index contributed by atoms with van der Waals surface area (Å²) in [7, 11) is 0. The van der Waals surface area contributed by atoms with Gasteiger partial charge < -0.3 is 9.80 Å². The first kappa shape index (κ1) is 17.7. The zero-order valence-corrected chi connectivity index (χ0v) is 15.7. The van der Waals surface area contributed by atoms with E-state index in [2.05, 4.69) is 11.1 Å². The predicted molar refractivity (Wildman–Crippen MR) is 103 cm³/mol. The Hall–Kier alpha value is -2.69. The number of hydrogen-bond donors (Lipinski definition) is 0. The normalized spacial score (nSPS) is 22.0.